The lowest BCUT2D eigenvalue weighted by Crippen LogP contribution is -2.43. The minimum absolute atomic E-state index is 0.235. The van der Waals surface area contributed by atoms with E-state index in [2.05, 4.69) is 31.3 Å². The van der Waals surface area contributed by atoms with Crippen molar-refractivity contribution < 1.29 is 4.79 Å². The van der Waals surface area contributed by atoms with Gasteiger partial charge in [0.05, 0.1) is 5.41 Å². The van der Waals surface area contributed by atoms with Crippen molar-refractivity contribution >= 4 is 11.6 Å². The van der Waals surface area contributed by atoms with Crippen LogP contribution >= 0.6 is 0 Å². The molecule has 1 aliphatic rings. The van der Waals surface area contributed by atoms with Crippen molar-refractivity contribution in [3.05, 3.63) is 29.8 Å². The number of amides is 1. The van der Waals surface area contributed by atoms with Gasteiger partial charge in [-0.15, -0.1) is 0 Å². The largest absolute Gasteiger partial charge is 0.316 e. The van der Waals surface area contributed by atoms with Crippen LogP contribution in [0.4, 0.5) is 5.69 Å². The molecule has 0 bridgehead atoms. The Morgan fingerprint density at radius 3 is 2.56 bits per heavy atom. The predicted molar refractivity (Wildman–Crippen MR) is 74.8 cm³/mol. The van der Waals surface area contributed by atoms with Gasteiger partial charge >= 0.3 is 0 Å². The summed E-state index contributed by atoms with van der Waals surface area (Å²) in [6.45, 7) is 8.60. The Labute approximate surface area is 109 Å². The van der Waals surface area contributed by atoms with Crippen LogP contribution in [0.15, 0.2) is 24.3 Å². The second kappa shape index (κ2) is 5.11. The topological polar surface area (TPSA) is 32.3 Å². The van der Waals surface area contributed by atoms with Gasteiger partial charge in [0.25, 0.3) is 0 Å². The number of rotatable bonds is 3. The van der Waals surface area contributed by atoms with Crippen LogP contribution in [0.2, 0.25) is 0 Å². The van der Waals surface area contributed by atoms with E-state index in [1.807, 2.05) is 24.0 Å². The zero-order valence-corrected chi connectivity index (χ0v) is 11.5. The summed E-state index contributed by atoms with van der Waals surface area (Å²) < 4.78 is 0. The van der Waals surface area contributed by atoms with Crippen molar-refractivity contribution in [2.75, 3.05) is 24.5 Å². The quantitative estimate of drug-likeness (QED) is 0.888. The van der Waals surface area contributed by atoms with Crippen molar-refractivity contribution in [2.24, 2.45) is 5.41 Å². The highest BCUT2D eigenvalue weighted by Gasteiger charge is 2.39. The summed E-state index contributed by atoms with van der Waals surface area (Å²) in [5.74, 6) is 0.235. The van der Waals surface area contributed by atoms with Gasteiger partial charge < -0.3 is 10.2 Å². The van der Waals surface area contributed by atoms with Crippen LogP contribution in [0, 0.1) is 12.3 Å². The summed E-state index contributed by atoms with van der Waals surface area (Å²) in [6, 6.07) is 8.17. The van der Waals surface area contributed by atoms with Crippen molar-refractivity contribution in [3.63, 3.8) is 0 Å². The molecule has 1 atom stereocenters. The van der Waals surface area contributed by atoms with E-state index in [0.717, 1.165) is 31.7 Å². The number of carbonyl (C=O) groups excluding carboxylic acids is 1. The molecule has 3 heteroatoms. The summed E-state index contributed by atoms with van der Waals surface area (Å²) in [5, 5.41) is 3.29. The van der Waals surface area contributed by atoms with E-state index in [-0.39, 0.29) is 11.3 Å². The summed E-state index contributed by atoms with van der Waals surface area (Å²) in [4.78, 5) is 14.6. The number of carbonyl (C=O) groups is 1. The van der Waals surface area contributed by atoms with Crippen LogP contribution in [-0.2, 0) is 4.79 Å². The lowest BCUT2D eigenvalue weighted by Gasteiger charge is -2.30. The van der Waals surface area contributed by atoms with Crippen LogP contribution in [0.25, 0.3) is 0 Å². The first-order valence-electron chi connectivity index (χ1n) is 6.66. The van der Waals surface area contributed by atoms with E-state index in [4.69, 9.17) is 0 Å². The normalized spacial score (nSPS) is 23.1. The van der Waals surface area contributed by atoms with Crippen LogP contribution in [-0.4, -0.2) is 25.5 Å². The third kappa shape index (κ3) is 2.41. The molecule has 1 unspecified atom stereocenters. The number of nitrogens with zero attached hydrogens (tertiary/aromatic N) is 1. The van der Waals surface area contributed by atoms with Crippen LogP contribution in [0.3, 0.4) is 0 Å². The van der Waals surface area contributed by atoms with Crippen molar-refractivity contribution in [1.82, 2.24) is 5.32 Å². The molecule has 1 heterocycles. The highest BCUT2D eigenvalue weighted by Crippen LogP contribution is 2.29. The molecule has 0 spiro atoms. The Morgan fingerprint density at radius 1 is 1.39 bits per heavy atom. The highest BCUT2D eigenvalue weighted by molar-refractivity contribution is 5.97. The van der Waals surface area contributed by atoms with E-state index in [1.165, 1.54) is 5.56 Å². The molecule has 1 aliphatic heterocycles. The fourth-order valence-electron chi connectivity index (χ4n) is 2.49. The molecule has 0 radical (unpaired) electrons. The van der Waals surface area contributed by atoms with Gasteiger partial charge in [0.2, 0.25) is 5.91 Å². The minimum atomic E-state index is -0.249. The maximum Gasteiger partial charge on any atom is 0.234 e. The van der Waals surface area contributed by atoms with E-state index in [9.17, 15) is 4.79 Å². The molecular weight excluding hydrogens is 224 g/mol. The molecule has 1 amide bonds. The maximum atomic E-state index is 12.7. The molecule has 0 aromatic heterocycles. The maximum absolute atomic E-state index is 12.7. The molecule has 1 N–H and O–H groups in total. The zero-order valence-electron chi connectivity index (χ0n) is 11.5. The Kier molecular flexibility index (Phi) is 3.71. The number of benzene rings is 1. The number of anilines is 1. The third-order valence-corrected chi connectivity index (χ3v) is 3.79. The lowest BCUT2D eigenvalue weighted by molar-refractivity contribution is -0.126. The molecule has 1 aromatic carbocycles. The average Bonchev–Trinajstić information content (AvgIpc) is 2.81. The van der Waals surface area contributed by atoms with Crippen LogP contribution < -0.4 is 10.2 Å². The Hall–Kier alpha value is -1.35. The van der Waals surface area contributed by atoms with E-state index in [1.54, 1.807) is 0 Å². The molecule has 0 saturated carbocycles. The molecule has 2 rings (SSSR count). The standard InChI is InChI=1S/C15H22N2O/c1-4-17(13-7-5-12(2)6-8-13)14(18)15(3)9-10-16-11-15/h5-8,16H,4,9-11H2,1-3H3. The smallest absolute Gasteiger partial charge is 0.234 e. The van der Waals surface area contributed by atoms with Crippen molar-refractivity contribution in [2.45, 2.75) is 27.2 Å². The van der Waals surface area contributed by atoms with Crippen LogP contribution in [0.5, 0.6) is 0 Å². The third-order valence-electron chi connectivity index (χ3n) is 3.79. The van der Waals surface area contributed by atoms with Gasteiger partial charge in [-0.25, -0.2) is 0 Å². The van der Waals surface area contributed by atoms with Crippen molar-refractivity contribution in [3.8, 4) is 0 Å². The first kappa shape index (κ1) is 13.1. The first-order chi connectivity index (χ1) is 8.57. The van der Waals surface area contributed by atoms with Gasteiger partial charge in [-0.05, 0) is 45.9 Å². The van der Waals surface area contributed by atoms with Gasteiger partial charge in [0, 0.05) is 18.8 Å². The van der Waals surface area contributed by atoms with Crippen molar-refractivity contribution in [1.29, 1.82) is 0 Å². The average molecular weight is 246 g/mol. The van der Waals surface area contributed by atoms with Gasteiger partial charge in [-0.3, -0.25) is 4.79 Å². The Bertz CT molecular complexity index is 419. The Balaban J connectivity index is 2.23. The molecule has 3 nitrogen and oxygen atoms in total. The number of hydrogen-bond donors (Lipinski definition) is 1. The van der Waals surface area contributed by atoms with Gasteiger partial charge in [0.15, 0.2) is 0 Å². The molecule has 18 heavy (non-hydrogen) atoms. The molecule has 1 aromatic rings. The number of nitrogens with one attached hydrogen (secondary N) is 1. The fraction of sp³-hybridized carbons (Fsp3) is 0.533. The molecule has 1 fully saturated rings. The second-order valence-corrected chi connectivity index (χ2v) is 5.37. The molecule has 0 aliphatic carbocycles. The molecular formula is C15H22N2O. The Morgan fingerprint density at radius 2 is 2.06 bits per heavy atom. The zero-order chi connectivity index (χ0) is 13.2. The summed E-state index contributed by atoms with van der Waals surface area (Å²) in [5.41, 5.74) is 1.97. The predicted octanol–water partition coefficient (Wildman–Crippen LogP) is 2.35. The summed E-state index contributed by atoms with van der Waals surface area (Å²) in [6.07, 6.45) is 0.925. The van der Waals surface area contributed by atoms with Crippen LogP contribution in [0.1, 0.15) is 25.8 Å². The summed E-state index contributed by atoms with van der Waals surface area (Å²) in [7, 11) is 0. The van der Waals surface area contributed by atoms with E-state index in [0.29, 0.717) is 0 Å². The van der Waals surface area contributed by atoms with E-state index < -0.39 is 0 Å². The van der Waals surface area contributed by atoms with Gasteiger partial charge in [0.1, 0.15) is 0 Å². The SMILES string of the molecule is CCN(C(=O)C1(C)CCNC1)c1ccc(C)cc1. The molecule has 98 valence electrons. The first-order valence-corrected chi connectivity index (χ1v) is 6.66. The number of hydrogen-bond acceptors (Lipinski definition) is 2. The minimum Gasteiger partial charge on any atom is -0.316 e. The lowest BCUT2D eigenvalue weighted by atomic mass is 9.88. The monoisotopic (exact) mass is 246 g/mol. The van der Waals surface area contributed by atoms with Gasteiger partial charge in [-0.2, -0.15) is 0 Å². The summed E-state index contributed by atoms with van der Waals surface area (Å²) >= 11 is 0. The second-order valence-electron chi connectivity index (χ2n) is 5.37. The van der Waals surface area contributed by atoms with E-state index >= 15 is 0 Å². The fourth-order valence-corrected chi connectivity index (χ4v) is 2.49. The highest BCUT2D eigenvalue weighted by atomic mass is 16.2. The number of aryl methyl sites for hydroxylation is 1. The van der Waals surface area contributed by atoms with Gasteiger partial charge in [-0.1, -0.05) is 17.7 Å². The molecule has 1 saturated heterocycles.